The van der Waals surface area contributed by atoms with Gasteiger partial charge in [0.1, 0.15) is 12.0 Å². The molecule has 0 saturated heterocycles. The van der Waals surface area contributed by atoms with Crippen LogP contribution in [0.1, 0.15) is 41.7 Å². The number of aliphatic hydroxyl groups excluding tert-OH is 1. The summed E-state index contributed by atoms with van der Waals surface area (Å²) in [5, 5.41) is 23.7. The number of hydrogen-bond donors (Lipinski definition) is 4. The lowest BCUT2D eigenvalue weighted by molar-refractivity contribution is 0.123. The molecular formula is C22H31ClN2O4S. The minimum Gasteiger partial charge on any atom is -0.506 e. The summed E-state index contributed by atoms with van der Waals surface area (Å²) in [4.78, 5) is 0. The maximum absolute atomic E-state index is 11.4. The highest BCUT2D eigenvalue weighted by atomic mass is 35.5. The molecule has 6 nitrogen and oxygen atoms in total. The monoisotopic (exact) mass is 454 g/mol. The fraction of sp³-hybridized carbons (Fsp3) is 0.455. The molecule has 4 N–H and O–H groups in total. The van der Waals surface area contributed by atoms with E-state index >= 15 is 0 Å². The van der Waals surface area contributed by atoms with E-state index in [0.717, 1.165) is 37.5 Å². The van der Waals surface area contributed by atoms with Crippen molar-refractivity contribution in [2.75, 3.05) is 11.0 Å². The summed E-state index contributed by atoms with van der Waals surface area (Å²) in [6.45, 7) is 4.36. The first-order valence-electron chi connectivity index (χ1n) is 10.1. The number of nitrogens with one attached hydrogen (secondary N) is 2. The van der Waals surface area contributed by atoms with Crippen LogP contribution in [0.3, 0.4) is 0 Å². The van der Waals surface area contributed by atoms with E-state index in [0.29, 0.717) is 6.42 Å². The number of aryl methyl sites for hydroxylation is 2. The Labute approximate surface area is 185 Å². The lowest BCUT2D eigenvalue weighted by Gasteiger charge is -2.19. The number of rotatable bonds is 8. The van der Waals surface area contributed by atoms with E-state index in [1.54, 1.807) is 12.1 Å². The van der Waals surface area contributed by atoms with Crippen molar-refractivity contribution in [1.82, 2.24) is 5.32 Å². The van der Waals surface area contributed by atoms with Gasteiger partial charge in [-0.25, -0.2) is 8.42 Å². The molecule has 8 heteroatoms. The molecule has 0 radical (unpaired) electrons. The Morgan fingerprint density at radius 1 is 1.07 bits per heavy atom. The van der Waals surface area contributed by atoms with Gasteiger partial charge in [-0.2, -0.15) is 0 Å². The van der Waals surface area contributed by atoms with Crippen molar-refractivity contribution in [2.45, 2.75) is 58.2 Å². The first-order chi connectivity index (χ1) is 13.7. The number of phenolic OH excluding ortho intramolecular Hbond substituents is 1. The summed E-state index contributed by atoms with van der Waals surface area (Å²) in [7, 11) is -3.49. The van der Waals surface area contributed by atoms with Gasteiger partial charge < -0.3 is 10.2 Å². The van der Waals surface area contributed by atoms with Crippen LogP contribution in [0.15, 0.2) is 30.3 Å². The average molecular weight is 455 g/mol. The smallest absolute Gasteiger partial charge is 0.229 e. The minimum absolute atomic E-state index is 0. The van der Waals surface area contributed by atoms with Gasteiger partial charge in [0.05, 0.1) is 11.9 Å². The summed E-state index contributed by atoms with van der Waals surface area (Å²) in [5.74, 6) is -0.147. The summed E-state index contributed by atoms with van der Waals surface area (Å²) in [6.07, 6.45) is 4.41. The summed E-state index contributed by atoms with van der Waals surface area (Å²) >= 11 is 0. The zero-order valence-corrected chi connectivity index (χ0v) is 19.2. The molecule has 166 valence electrons. The molecule has 0 aromatic heterocycles. The van der Waals surface area contributed by atoms with Crippen molar-refractivity contribution in [1.29, 1.82) is 0 Å². The molecule has 1 unspecified atom stereocenters. The highest BCUT2D eigenvalue weighted by molar-refractivity contribution is 7.92. The van der Waals surface area contributed by atoms with Gasteiger partial charge >= 0.3 is 0 Å². The Balaban J connectivity index is 0.00000320. The molecule has 0 spiro atoms. The van der Waals surface area contributed by atoms with Crippen LogP contribution in [0.25, 0.3) is 0 Å². The van der Waals surface area contributed by atoms with Crippen LogP contribution in [0, 0.1) is 0 Å². The van der Waals surface area contributed by atoms with Crippen molar-refractivity contribution in [2.24, 2.45) is 0 Å². The van der Waals surface area contributed by atoms with Gasteiger partial charge in [-0.1, -0.05) is 32.0 Å². The SMILES string of the molecule is CCc1cc2c(cc1CC)CC(NC(O)Cc1ccc(O)c(NS(C)(=O)=O)c1)C2.Cl. The second-order valence-electron chi connectivity index (χ2n) is 7.81. The third-order valence-electron chi connectivity index (χ3n) is 5.43. The van der Waals surface area contributed by atoms with Crippen molar-refractivity contribution in [3.05, 3.63) is 58.1 Å². The third-order valence-corrected chi connectivity index (χ3v) is 6.02. The molecule has 0 amide bonds. The Bertz CT molecular complexity index is 962. The fourth-order valence-corrected chi connectivity index (χ4v) is 4.66. The molecule has 1 aliphatic rings. The van der Waals surface area contributed by atoms with E-state index in [1.807, 2.05) is 0 Å². The largest absolute Gasteiger partial charge is 0.506 e. The van der Waals surface area contributed by atoms with Crippen LogP contribution in [0.4, 0.5) is 5.69 Å². The van der Waals surface area contributed by atoms with Crippen LogP contribution in [-0.2, 0) is 42.1 Å². The van der Waals surface area contributed by atoms with Crippen LogP contribution in [0.5, 0.6) is 5.75 Å². The molecule has 2 aromatic rings. The van der Waals surface area contributed by atoms with Crippen LogP contribution >= 0.6 is 12.4 Å². The molecule has 1 aliphatic carbocycles. The first kappa shape index (κ1) is 24.5. The number of aliphatic hydroxyl groups is 1. The number of hydrogen-bond acceptors (Lipinski definition) is 5. The Morgan fingerprint density at radius 3 is 2.13 bits per heavy atom. The van der Waals surface area contributed by atoms with E-state index in [2.05, 4.69) is 36.0 Å². The topological polar surface area (TPSA) is 98.7 Å². The minimum atomic E-state index is -3.49. The van der Waals surface area contributed by atoms with Gasteiger partial charge in [0.2, 0.25) is 10.0 Å². The quantitative estimate of drug-likeness (QED) is 0.363. The second-order valence-corrected chi connectivity index (χ2v) is 9.56. The molecule has 0 bridgehead atoms. The van der Waals surface area contributed by atoms with Gasteiger partial charge in [0.25, 0.3) is 0 Å². The van der Waals surface area contributed by atoms with Crippen molar-refractivity contribution in [3.8, 4) is 5.75 Å². The first-order valence-corrected chi connectivity index (χ1v) is 11.9. The maximum Gasteiger partial charge on any atom is 0.229 e. The average Bonchev–Trinajstić information content (AvgIpc) is 3.02. The number of benzene rings is 2. The standard InChI is InChI=1S/C22H30N2O4S.ClH/c1-4-15-10-17-12-19(13-18(17)11-16(15)5-2)23-22(26)9-14-6-7-21(25)20(8-14)24-29(3,27)28;/h6-8,10-11,19,22-26H,4-5,9,12-13H2,1-3H3;1H. The Morgan fingerprint density at radius 2 is 1.63 bits per heavy atom. The van der Waals surface area contributed by atoms with Gasteiger partial charge in [-0.3, -0.25) is 10.0 Å². The normalized spacial score (nSPS) is 14.8. The number of anilines is 1. The number of phenols is 1. The van der Waals surface area contributed by atoms with Crippen LogP contribution in [0.2, 0.25) is 0 Å². The number of sulfonamides is 1. The van der Waals surface area contributed by atoms with Crippen molar-refractivity contribution < 1.29 is 18.6 Å². The molecule has 0 aliphatic heterocycles. The molecule has 3 rings (SSSR count). The van der Waals surface area contributed by atoms with E-state index in [1.165, 1.54) is 28.3 Å². The fourth-order valence-electron chi connectivity index (χ4n) is 4.10. The molecule has 30 heavy (non-hydrogen) atoms. The summed E-state index contributed by atoms with van der Waals surface area (Å²) in [6, 6.07) is 9.45. The lowest BCUT2D eigenvalue weighted by atomic mass is 9.97. The zero-order chi connectivity index (χ0) is 21.2. The summed E-state index contributed by atoms with van der Waals surface area (Å²) in [5.41, 5.74) is 6.36. The van der Waals surface area contributed by atoms with E-state index in [-0.39, 0.29) is 29.9 Å². The maximum atomic E-state index is 11.4. The molecule has 2 aromatic carbocycles. The van der Waals surface area contributed by atoms with Crippen LogP contribution < -0.4 is 10.0 Å². The van der Waals surface area contributed by atoms with Gasteiger partial charge in [-0.15, -0.1) is 12.4 Å². The van der Waals surface area contributed by atoms with Gasteiger partial charge in [-0.05, 0) is 65.6 Å². The highest BCUT2D eigenvalue weighted by Gasteiger charge is 2.24. The van der Waals surface area contributed by atoms with E-state index < -0.39 is 16.3 Å². The second kappa shape index (κ2) is 10.0. The van der Waals surface area contributed by atoms with Crippen LogP contribution in [-0.4, -0.2) is 37.2 Å². The molecular weight excluding hydrogens is 424 g/mol. The summed E-state index contributed by atoms with van der Waals surface area (Å²) < 4.78 is 25.2. The van der Waals surface area contributed by atoms with Gasteiger partial charge in [0, 0.05) is 12.5 Å². The molecule has 0 saturated carbocycles. The Kier molecular flexibility index (Phi) is 8.16. The van der Waals surface area contributed by atoms with Gasteiger partial charge in [0.15, 0.2) is 0 Å². The van der Waals surface area contributed by atoms with E-state index in [9.17, 15) is 18.6 Å². The number of aromatic hydroxyl groups is 1. The van der Waals surface area contributed by atoms with E-state index in [4.69, 9.17) is 0 Å². The zero-order valence-electron chi connectivity index (χ0n) is 17.6. The Hall–Kier alpha value is -1.80. The molecule has 0 heterocycles. The number of halogens is 1. The van der Waals surface area contributed by atoms with Crippen molar-refractivity contribution >= 4 is 28.1 Å². The predicted octanol–water partition coefficient (Wildman–Crippen LogP) is 2.93. The molecule has 0 fully saturated rings. The third kappa shape index (κ3) is 6.11. The highest BCUT2D eigenvalue weighted by Crippen LogP contribution is 2.28. The molecule has 1 atom stereocenters. The predicted molar refractivity (Wildman–Crippen MR) is 123 cm³/mol. The lowest BCUT2D eigenvalue weighted by Crippen LogP contribution is -2.40. The number of fused-ring (bicyclic) bond motifs is 1. The van der Waals surface area contributed by atoms with Crippen molar-refractivity contribution in [3.63, 3.8) is 0 Å².